The first kappa shape index (κ1) is 12.6. The molecule has 0 bridgehead atoms. The minimum atomic E-state index is -1.21. The van der Waals surface area contributed by atoms with Gasteiger partial charge in [-0.2, -0.15) is 0 Å². The molecule has 5 nitrogen and oxygen atoms in total. The van der Waals surface area contributed by atoms with Crippen molar-refractivity contribution in [1.82, 2.24) is 5.32 Å². The van der Waals surface area contributed by atoms with Gasteiger partial charge < -0.3 is 25.7 Å². The molecule has 1 aliphatic heterocycles. The third-order valence-electron chi connectivity index (χ3n) is 2.83. The normalized spacial score (nSPS) is 41.5. The summed E-state index contributed by atoms with van der Waals surface area (Å²) in [5.74, 6) is 0. The number of piperidine rings is 1. The van der Waals surface area contributed by atoms with Gasteiger partial charge in [-0.1, -0.05) is 6.08 Å². The van der Waals surface area contributed by atoms with E-state index < -0.39 is 24.4 Å². The Labute approximate surface area is 89.1 Å². The van der Waals surface area contributed by atoms with Gasteiger partial charge in [-0.3, -0.25) is 0 Å². The fourth-order valence-corrected chi connectivity index (χ4v) is 1.86. The number of rotatable bonds is 4. The first-order valence-electron chi connectivity index (χ1n) is 5.13. The third-order valence-corrected chi connectivity index (χ3v) is 2.83. The van der Waals surface area contributed by atoms with Gasteiger partial charge in [0.2, 0.25) is 0 Å². The zero-order valence-corrected chi connectivity index (χ0v) is 8.58. The summed E-state index contributed by atoms with van der Waals surface area (Å²) in [6, 6.07) is -0.906. The molecular weight excluding hydrogens is 198 g/mol. The number of nitrogens with one attached hydrogen (secondary N) is 1. The first-order chi connectivity index (χ1) is 7.11. The zero-order chi connectivity index (χ0) is 11.4. The Morgan fingerprint density at radius 2 is 1.67 bits per heavy atom. The lowest BCUT2D eigenvalue weighted by Gasteiger charge is -2.41. The average Bonchev–Trinajstić information content (AvgIpc) is 2.25. The zero-order valence-electron chi connectivity index (χ0n) is 8.58. The molecule has 0 aliphatic carbocycles. The Balaban J connectivity index is 2.60. The fourth-order valence-electron chi connectivity index (χ4n) is 1.86. The molecule has 5 heteroatoms. The summed E-state index contributed by atoms with van der Waals surface area (Å²) in [7, 11) is 0. The molecule has 1 saturated heterocycles. The van der Waals surface area contributed by atoms with E-state index in [0.29, 0.717) is 12.8 Å². The molecule has 0 unspecified atom stereocenters. The van der Waals surface area contributed by atoms with Gasteiger partial charge in [0.05, 0.1) is 24.9 Å². The molecule has 0 aromatic carbocycles. The Morgan fingerprint density at radius 1 is 1.07 bits per heavy atom. The molecule has 1 rings (SSSR count). The molecule has 0 aromatic rings. The van der Waals surface area contributed by atoms with E-state index in [2.05, 4.69) is 11.9 Å². The molecule has 88 valence electrons. The van der Waals surface area contributed by atoms with E-state index in [1.54, 1.807) is 6.08 Å². The summed E-state index contributed by atoms with van der Waals surface area (Å²) in [5.41, 5.74) is 0. The largest absolute Gasteiger partial charge is 0.395 e. The molecular formula is C10H19NO4. The standard InChI is InChI=1S/C10H19NO4/c1-2-3-4-6-8(13)10(15)9(14)7(5-12)11-6/h2,6-15H,1,3-5H2/t6-,7+,8-,9+,10+/m1/s1. The highest BCUT2D eigenvalue weighted by molar-refractivity contribution is 4.98. The van der Waals surface area contributed by atoms with Gasteiger partial charge in [0, 0.05) is 6.04 Å². The van der Waals surface area contributed by atoms with Gasteiger partial charge in [0.1, 0.15) is 6.10 Å². The lowest BCUT2D eigenvalue weighted by molar-refractivity contribution is -0.120. The quantitative estimate of drug-likeness (QED) is 0.365. The van der Waals surface area contributed by atoms with E-state index in [4.69, 9.17) is 5.11 Å². The van der Waals surface area contributed by atoms with Gasteiger partial charge in [-0.15, -0.1) is 6.58 Å². The van der Waals surface area contributed by atoms with Crippen molar-refractivity contribution in [3.05, 3.63) is 12.7 Å². The Kier molecular flexibility index (Phi) is 4.69. The van der Waals surface area contributed by atoms with Gasteiger partial charge in [-0.25, -0.2) is 0 Å². The molecule has 5 N–H and O–H groups in total. The van der Waals surface area contributed by atoms with Crippen molar-refractivity contribution in [2.24, 2.45) is 0 Å². The first-order valence-corrected chi connectivity index (χ1v) is 5.13. The molecule has 0 saturated carbocycles. The third kappa shape index (κ3) is 2.76. The van der Waals surface area contributed by atoms with E-state index in [1.807, 2.05) is 0 Å². The van der Waals surface area contributed by atoms with Crippen molar-refractivity contribution in [3.63, 3.8) is 0 Å². The second kappa shape index (κ2) is 5.58. The molecule has 0 aromatic heterocycles. The van der Waals surface area contributed by atoms with Crippen molar-refractivity contribution < 1.29 is 20.4 Å². The highest BCUT2D eigenvalue weighted by Gasteiger charge is 2.41. The van der Waals surface area contributed by atoms with Gasteiger partial charge in [0.25, 0.3) is 0 Å². The van der Waals surface area contributed by atoms with Crippen LogP contribution in [0, 0.1) is 0 Å². The van der Waals surface area contributed by atoms with E-state index in [0.717, 1.165) is 0 Å². The van der Waals surface area contributed by atoms with Crippen molar-refractivity contribution in [2.75, 3.05) is 6.61 Å². The van der Waals surface area contributed by atoms with Crippen LogP contribution in [0.4, 0.5) is 0 Å². The van der Waals surface area contributed by atoms with E-state index in [-0.39, 0.29) is 12.6 Å². The van der Waals surface area contributed by atoms with Crippen LogP contribution < -0.4 is 5.32 Å². The van der Waals surface area contributed by atoms with Crippen LogP contribution in [-0.4, -0.2) is 57.4 Å². The van der Waals surface area contributed by atoms with Crippen LogP contribution in [0.15, 0.2) is 12.7 Å². The van der Waals surface area contributed by atoms with Crippen LogP contribution in [0.25, 0.3) is 0 Å². The maximum absolute atomic E-state index is 9.66. The summed E-state index contributed by atoms with van der Waals surface area (Å²) in [6.45, 7) is 3.30. The van der Waals surface area contributed by atoms with Gasteiger partial charge in [-0.05, 0) is 12.8 Å². The Morgan fingerprint density at radius 3 is 2.20 bits per heavy atom. The van der Waals surface area contributed by atoms with Crippen LogP contribution in [0.2, 0.25) is 0 Å². The summed E-state index contributed by atoms with van der Waals surface area (Å²) < 4.78 is 0. The molecule has 1 fully saturated rings. The molecule has 0 spiro atoms. The highest BCUT2D eigenvalue weighted by atomic mass is 16.4. The van der Waals surface area contributed by atoms with E-state index >= 15 is 0 Å². The van der Waals surface area contributed by atoms with Crippen LogP contribution >= 0.6 is 0 Å². The van der Waals surface area contributed by atoms with Crippen molar-refractivity contribution >= 4 is 0 Å². The molecule has 0 amide bonds. The fraction of sp³-hybridized carbons (Fsp3) is 0.800. The number of hydrogen-bond donors (Lipinski definition) is 5. The minimum Gasteiger partial charge on any atom is -0.395 e. The van der Waals surface area contributed by atoms with Crippen LogP contribution in [0.1, 0.15) is 12.8 Å². The molecule has 5 atom stereocenters. The maximum atomic E-state index is 9.66. The van der Waals surface area contributed by atoms with E-state index in [9.17, 15) is 15.3 Å². The van der Waals surface area contributed by atoms with E-state index in [1.165, 1.54) is 0 Å². The second-order valence-corrected chi connectivity index (χ2v) is 3.90. The maximum Gasteiger partial charge on any atom is 0.109 e. The van der Waals surface area contributed by atoms with Gasteiger partial charge in [0.15, 0.2) is 0 Å². The van der Waals surface area contributed by atoms with Crippen molar-refractivity contribution in [2.45, 2.75) is 43.2 Å². The Hall–Kier alpha value is -0.460. The van der Waals surface area contributed by atoms with Crippen LogP contribution in [-0.2, 0) is 0 Å². The number of allylic oxidation sites excluding steroid dienone is 1. The van der Waals surface area contributed by atoms with Gasteiger partial charge >= 0.3 is 0 Å². The monoisotopic (exact) mass is 217 g/mol. The summed E-state index contributed by atoms with van der Waals surface area (Å²) >= 11 is 0. The molecule has 1 aliphatic rings. The van der Waals surface area contributed by atoms with Crippen molar-refractivity contribution in [3.8, 4) is 0 Å². The molecule has 15 heavy (non-hydrogen) atoms. The molecule has 0 radical (unpaired) electrons. The lowest BCUT2D eigenvalue weighted by atomic mass is 9.88. The molecule has 1 heterocycles. The van der Waals surface area contributed by atoms with Crippen LogP contribution in [0.3, 0.4) is 0 Å². The highest BCUT2D eigenvalue weighted by Crippen LogP contribution is 2.18. The predicted octanol–water partition coefficient (Wildman–Crippen LogP) is -1.63. The lowest BCUT2D eigenvalue weighted by Crippen LogP contribution is -2.65. The predicted molar refractivity (Wildman–Crippen MR) is 55.2 cm³/mol. The summed E-state index contributed by atoms with van der Waals surface area (Å²) in [5, 5.41) is 40.6. The summed E-state index contributed by atoms with van der Waals surface area (Å²) in [6.07, 6.45) is -0.314. The number of aliphatic hydroxyl groups excluding tert-OH is 4. The van der Waals surface area contributed by atoms with Crippen LogP contribution in [0.5, 0.6) is 0 Å². The number of aliphatic hydroxyl groups is 4. The SMILES string of the molecule is C=CCC[C@H]1N[C@@H](CO)[C@H](O)[C@@H](O)[C@@H]1O. The van der Waals surface area contributed by atoms with Crippen molar-refractivity contribution in [1.29, 1.82) is 0 Å². The average molecular weight is 217 g/mol. The smallest absolute Gasteiger partial charge is 0.109 e. The topological polar surface area (TPSA) is 93.0 Å². The Bertz CT molecular complexity index is 210. The number of hydrogen-bond acceptors (Lipinski definition) is 5. The summed E-state index contributed by atoms with van der Waals surface area (Å²) in [4.78, 5) is 0. The second-order valence-electron chi connectivity index (χ2n) is 3.90. The minimum absolute atomic E-state index is 0.268.